The zero-order valence-electron chi connectivity index (χ0n) is 16.0. The molecule has 30 heavy (non-hydrogen) atoms. The van der Waals surface area contributed by atoms with Gasteiger partial charge in [-0.15, -0.1) is 0 Å². The fourth-order valence-corrected chi connectivity index (χ4v) is 3.92. The highest BCUT2D eigenvalue weighted by Crippen LogP contribution is 2.42. The molecule has 4 nitrogen and oxygen atoms in total. The minimum atomic E-state index is -0.753. The second kappa shape index (κ2) is 8.09. The third kappa shape index (κ3) is 3.66. The van der Waals surface area contributed by atoms with Crippen LogP contribution in [-0.2, 0) is 9.59 Å². The molecule has 0 saturated carbocycles. The van der Waals surface area contributed by atoms with Gasteiger partial charge in [0.2, 0.25) is 0 Å². The van der Waals surface area contributed by atoms with E-state index in [1.54, 1.807) is 36.4 Å². The number of aryl methyl sites for hydroxylation is 1. The van der Waals surface area contributed by atoms with E-state index in [0.29, 0.717) is 21.8 Å². The van der Waals surface area contributed by atoms with Gasteiger partial charge in [-0.25, -0.2) is 0 Å². The van der Waals surface area contributed by atoms with Crippen molar-refractivity contribution in [3.05, 3.63) is 105 Å². The molecule has 3 aromatic rings. The van der Waals surface area contributed by atoms with Crippen LogP contribution in [0, 0.1) is 6.92 Å². The first kappa shape index (κ1) is 20.4. The number of carbonyl (C=O) groups excluding carboxylic acids is 2. The van der Waals surface area contributed by atoms with E-state index in [-0.39, 0.29) is 11.3 Å². The first-order chi connectivity index (χ1) is 14.4. The maximum Gasteiger partial charge on any atom is 0.300 e. The Morgan fingerprint density at radius 3 is 2.13 bits per heavy atom. The number of nitrogens with zero attached hydrogens (tertiary/aromatic N) is 1. The van der Waals surface area contributed by atoms with Crippen LogP contribution in [0.25, 0.3) is 5.76 Å². The molecule has 0 radical (unpaired) electrons. The van der Waals surface area contributed by atoms with Crippen molar-refractivity contribution in [2.24, 2.45) is 0 Å². The number of halogens is 2. The topological polar surface area (TPSA) is 57.6 Å². The van der Waals surface area contributed by atoms with Crippen LogP contribution in [-0.4, -0.2) is 16.8 Å². The van der Waals surface area contributed by atoms with E-state index in [1.807, 2.05) is 43.3 Å². The predicted molar refractivity (Wildman–Crippen MR) is 122 cm³/mol. The molecule has 0 bridgehead atoms. The lowest BCUT2D eigenvalue weighted by atomic mass is 9.95. The van der Waals surface area contributed by atoms with Crippen LogP contribution in [0.3, 0.4) is 0 Å². The van der Waals surface area contributed by atoms with Crippen molar-refractivity contribution >= 4 is 50.7 Å². The summed E-state index contributed by atoms with van der Waals surface area (Å²) in [5.74, 6) is -1.63. The van der Waals surface area contributed by atoms with Gasteiger partial charge in [-0.1, -0.05) is 57.4 Å². The maximum absolute atomic E-state index is 13.0. The molecule has 1 N–H and O–H groups in total. The second-order valence-electron chi connectivity index (χ2n) is 7.06. The van der Waals surface area contributed by atoms with E-state index in [1.165, 1.54) is 4.90 Å². The van der Waals surface area contributed by atoms with Gasteiger partial charge in [0.25, 0.3) is 11.7 Å². The van der Waals surface area contributed by atoms with Gasteiger partial charge in [0.1, 0.15) is 5.76 Å². The predicted octanol–water partition coefficient (Wildman–Crippen LogP) is 6.04. The van der Waals surface area contributed by atoms with Crippen molar-refractivity contribution in [2.45, 2.75) is 13.0 Å². The first-order valence-electron chi connectivity index (χ1n) is 9.26. The van der Waals surface area contributed by atoms with Gasteiger partial charge in [-0.05, 0) is 61.0 Å². The fraction of sp³-hybridized carbons (Fsp3) is 0.0833. The Morgan fingerprint density at radius 2 is 1.53 bits per heavy atom. The average molecular weight is 483 g/mol. The number of Topliss-reactive ketones (excluding diaryl/α,β-unsaturated/α-hetero) is 1. The number of rotatable bonds is 3. The Morgan fingerprint density at radius 1 is 0.933 bits per heavy atom. The van der Waals surface area contributed by atoms with Gasteiger partial charge >= 0.3 is 0 Å². The van der Waals surface area contributed by atoms with Gasteiger partial charge in [0.15, 0.2) is 0 Å². The summed E-state index contributed by atoms with van der Waals surface area (Å²) in [4.78, 5) is 27.5. The van der Waals surface area contributed by atoms with Crippen molar-refractivity contribution in [1.82, 2.24) is 0 Å². The molecule has 1 fully saturated rings. The van der Waals surface area contributed by atoms with Crippen molar-refractivity contribution in [3.63, 3.8) is 0 Å². The molecule has 6 heteroatoms. The minimum Gasteiger partial charge on any atom is -0.507 e. The summed E-state index contributed by atoms with van der Waals surface area (Å²) in [7, 11) is 0. The van der Waals surface area contributed by atoms with Gasteiger partial charge in [-0.2, -0.15) is 0 Å². The standard InChI is InChI=1S/C24H17BrClNO3/c1-14-2-12-19(13-3-14)27-21(15-4-8-17(25)9-5-15)20(23(29)24(27)30)22(28)16-6-10-18(26)11-7-16/h2-13,21,28H,1H3/b22-20+. The third-order valence-electron chi connectivity index (χ3n) is 5.06. The maximum atomic E-state index is 13.0. The summed E-state index contributed by atoms with van der Waals surface area (Å²) < 4.78 is 0.872. The summed E-state index contributed by atoms with van der Waals surface area (Å²) in [6, 6.07) is 20.4. The molecule has 1 aliphatic rings. The average Bonchev–Trinajstić information content (AvgIpc) is 3.00. The third-order valence-corrected chi connectivity index (χ3v) is 5.84. The highest BCUT2D eigenvalue weighted by molar-refractivity contribution is 9.10. The monoisotopic (exact) mass is 481 g/mol. The number of hydrogen-bond acceptors (Lipinski definition) is 3. The van der Waals surface area contributed by atoms with Crippen LogP contribution in [0.15, 0.2) is 82.8 Å². The van der Waals surface area contributed by atoms with Gasteiger partial charge in [0, 0.05) is 20.7 Å². The summed E-state index contributed by atoms with van der Waals surface area (Å²) in [6.07, 6.45) is 0. The van der Waals surface area contributed by atoms with Crippen LogP contribution < -0.4 is 4.90 Å². The molecule has 1 atom stereocenters. The van der Waals surface area contributed by atoms with Crippen LogP contribution >= 0.6 is 27.5 Å². The molecular formula is C24H17BrClNO3. The Kier molecular flexibility index (Phi) is 5.50. The van der Waals surface area contributed by atoms with E-state index >= 15 is 0 Å². The molecule has 1 unspecified atom stereocenters. The van der Waals surface area contributed by atoms with E-state index in [4.69, 9.17) is 11.6 Å². The lowest BCUT2D eigenvalue weighted by Gasteiger charge is -2.25. The lowest BCUT2D eigenvalue weighted by Crippen LogP contribution is -2.29. The Bertz CT molecular complexity index is 1150. The zero-order valence-corrected chi connectivity index (χ0v) is 18.3. The first-order valence-corrected chi connectivity index (χ1v) is 10.4. The van der Waals surface area contributed by atoms with Crippen molar-refractivity contribution in [3.8, 4) is 0 Å². The van der Waals surface area contributed by atoms with Crippen molar-refractivity contribution < 1.29 is 14.7 Å². The number of carbonyl (C=O) groups is 2. The summed E-state index contributed by atoms with van der Waals surface area (Å²) in [5.41, 5.74) is 2.81. The van der Waals surface area contributed by atoms with Crippen LogP contribution in [0.2, 0.25) is 5.02 Å². The van der Waals surface area contributed by atoms with Crippen molar-refractivity contribution in [2.75, 3.05) is 4.90 Å². The number of aliphatic hydroxyl groups is 1. The number of amides is 1. The largest absolute Gasteiger partial charge is 0.507 e. The number of hydrogen-bond donors (Lipinski definition) is 1. The molecule has 1 saturated heterocycles. The van der Waals surface area contributed by atoms with Gasteiger partial charge in [0.05, 0.1) is 11.6 Å². The number of benzene rings is 3. The molecule has 1 aliphatic heterocycles. The van der Waals surface area contributed by atoms with Crippen LogP contribution in [0.5, 0.6) is 0 Å². The highest BCUT2D eigenvalue weighted by atomic mass is 79.9. The minimum absolute atomic E-state index is 0.0465. The number of aliphatic hydroxyl groups excluding tert-OH is 1. The zero-order chi connectivity index (χ0) is 21.4. The molecular weight excluding hydrogens is 466 g/mol. The highest BCUT2D eigenvalue weighted by Gasteiger charge is 2.46. The molecule has 4 rings (SSSR count). The number of anilines is 1. The number of ketones is 1. The van der Waals surface area contributed by atoms with Gasteiger partial charge in [-0.3, -0.25) is 14.5 Å². The second-order valence-corrected chi connectivity index (χ2v) is 8.42. The lowest BCUT2D eigenvalue weighted by molar-refractivity contribution is -0.132. The van der Waals surface area contributed by atoms with E-state index < -0.39 is 17.7 Å². The molecule has 1 amide bonds. The van der Waals surface area contributed by atoms with Gasteiger partial charge < -0.3 is 5.11 Å². The molecule has 0 aromatic heterocycles. The SMILES string of the molecule is Cc1ccc(N2C(=O)C(=O)/C(=C(/O)c3ccc(Cl)cc3)C2c2ccc(Br)cc2)cc1. The molecule has 0 spiro atoms. The normalized spacial score (nSPS) is 18.1. The van der Waals surface area contributed by atoms with E-state index in [2.05, 4.69) is 15.9 Å². The quantitative estimate of drug-likeness (QED) is 0.281. The molecule has 150 valence electrons. The molecule has 0 aliphatic carbocycles. The summed E-state index contributed by atoms with van der Waals surface area (Å²) in [6.45, 7) is 1.95. The van der Waals surface area contributed by atoms with E-state index in [0.717, 1.165) is 10.0 Å². The smallest absolute Gasteiger partial charge is 0.300 e. The summed E-state index contributed by atoms with van der Waals surface area (Å²) >= 11 is 9.36. The van der Waals surface area contributed by atoms with Crippen LogP contribution in [0.4, 0.5) is 5.69 Å². The Hall–Kier alpha value is -2.89. The van der Waals surface area contributed by atoms with Crippen LogP contribution in [0.1, 0.15) is 22.7 Å². The fourth-order valence-electron chi connectivity index (χ4n) is 3.53. The van der Waals surface area contributed by atoms with E-state index in [9.17, 15) is 14.7 Å². The molecule has 1 heterocycles. The molecule has 3 aromatic carbocycles. The Balaban J connectivity index is 1.93. The van der Waals surface area contributed by atoms with Crippen molar-refractivity contribution in [1.29, 1.82) is 0 Å². The summed E-state index contributed by atoms with van der Waals surface area (Å²) in [5, 5.41) is 11.5. The Labute approximate surface area is 187 Å².